The minimum absolute atomic E-state index is 0.287. The molecule has 80 heavy (non-hydrogen) atoms. The average Bonchev–Trinajstić information content (AvgIpc) is 4.30. The van der Waals surface area contributed by atoms with E-state index in [1.54, 1.807) is 28.4 Å². The Kier molecular flexibility index (Phi) is 21.0. The molecule has 2 aliphatic heterocycles. The summed E-state index contributed by atoms with van der Waals surface area (Å²) in [5.41, 5.74) is 2.08. The van der Waals surface area contributed by atoms with Gasteiger partial charge in [0.15, 0.2) is 23.0 Å². The number of methoxy groups -OCH3 is 4. The maximum absolute atomic E-state index is 10.7. The fourth-order valence-electron chi connectivity index (χ4n) is 10.2. The molecule has 4 aromatic carbocycles. The van der Waals surface area contributed by atoms with Crippen LogP contribution in [0.25, 0.3) is 42.0 Å². The maximum Gasteiger partial charge on any atom is 0.414 e. The number of carbonyl (C=O) groups is 4. The Bertz CT molecular complexity index is 3130. The van der Waals surface area contributed by atoms with E-state index in [1.165, 1.54) is 19.2 Å². The van der Waals surface area contributed by atoms with Gasteiger partial charge in [0.05, 0.1) is 28.4 Å². The number of carboxylic acid groups (broad SMARTS) is 4. The van der Waals surface area contributed by atoms with Crippen LogP contribution in [0, 0.1) is 0 Å². The predicted molar refractivity (Wildman–Crippen MR) is 306 cm³/mol. The van der Waals surface area contributed by atoms with Gasteiger partial charge in [-0.3, -0.25) is 9.80 Å². The molecule has 0 bridgehead atoms. The van der Waals surface area contributed by atoms with E-state index in [0.717, 1.165) is 106 Å². The molecule has 0 radical (unpaired) electrons. The van der Waals surface area contributed by atoms with Crippen LogP contribution in [-0.2, 0) is 19.2 Å². The number of aliphatic carboxylic acids is 4. The molecule has 2 aliphatic rings. The van der Waals surface area contributed by atoms with E-state index in [2.05, 4.69) is 57.9 Å². The van der Waals surface area contributed by atoms with Gasteiger partial charge in [-0.25, -0.2) is 19.2 Å². The van der Waals surface area contributed by atoms with E-state index in [9.17, 15) is 10.2 Å². The van der Waals surface area contributed by atoms with E-state index in [1.807, 2.05) is 95.7 Å². The first-order valence-corrected chi connectivity index (χ1v) is 27.5. The smallest absolute Gasteiger partial charge is 0.414 e. The van der Waals surface area contributed by atoms with Crippen LogP contribution in [0.4, 0.5) is 0 Å². The molecule has 10 rings (SSSR count). The summed E-state index contributed by atoms with van der Waals surface area (Å²) < 4.78 is 36.6. The molecule has 2 fully saturated rings. The van der Waals surface area contributed by atoms with Crippen LogP contribution in [0.2, 0.25) is 0 Å². The van der Waals surface area contributed by atoms with Gasteiger partial charge in [0, 0.05) is 89.3 Å². The number of nitrogens with one attached hydrogen (secondary N) is 2. The van der Waals surface area contributed by atoms with Gasteiger partial charge in [-0.15, -0.1) is 22.7 Å². The maximum atomic E-state index is 10.7. The highest BCUT2D eigenvalue weighted by Crippen LogP contribution is 2.46. The summed E-state index contributed by atoms with van der Waals surface area (Å²) in [6.07, 6.45) is 7.04. The lowest BCUT2D eigenvalue weighted by Gasteiger charge is -2.38. The Morgan fingerprint density at radius 2 is 0.925 bits per heavy atom. The van der Waals surface area contributed by atoms with Gasteiger partial charge < -0.3 is 69.0 Å². The number of piperidine rings is 2. The number of rotatable bonds is 16. The van der Waals surface area contributed by atoms with Gasteiger partial charge in [-0.1, -0.05) is 12.1 Å². The molecule has 0 unspecified atom stereocenters. The first kappa shape index (κ1) is 60.0. The van der Waals surface area contributed by atoms with Crippen molar-refractivity contribution >= 4 is 88.5 Å². The quantitative estimate of drug-likeness (QED) is 0.0419. The normalized spacial score (nSPS) is 18.1. The lowest BCUT2D eigenvalue weighted by molar-refractivity contribution is -0.159. The van der Waals surface area contributed by atoms with Gasteiger partial charge in [0.1, 0.15) is 36.9 Å². The molecular formula is C58H68N4O16S2. The Morgan fingerprint density at radius 3 is 1.26 bits per heavy atom. The molecule has 8 aromatic rings. The summed E-state index contributed by atoms with van der Waals surface area (Å²) in [4.78, 5) is 50.4. The molecular weight excluding hydrogens is 1070 g/mol. The minimum Gasteiger partial charge on any atom is -0.493 e. The molecule has 0 aliphatic carbocycles. The Balaban J connectivity index is 0.000000192. The first-order valence-electron chi connectivity index (χ1n) is 25.9. The van der Waals surface area contributed by atoms with E-state index < -0.39 is 36.1 Å². The van der Waals surface area contributed by atoms with Crippen molar-refractivity contribution in [3.05, 3.63) is 107 Å². The molecule has 20 nitrogen and oxygen atoms in total. The van der Waals surface area contributed by atoms with Crippen LogP contribution >= 0.6 is 22.7 Å². The Morgan fingerprint density at radius 1 is 0.537 bits per heavy atom. The monoisotopic (exact) mass is 1140 g/mol. The molecule has 428 valence electrons. The van der Waals surface area contributed by atoms with Crippen molar-refractivity contribution in [3.8, 4) is 34.5 Å². The average molecular weight is 1140 g/mol. The summed E-state index contributed by atoms with van der Waals surface area (Å²) in [7, 11) is 6.74. The predicted octanol–water partition coefficient (Wildman–Crippen LogP) is 9.13. The zero-order valence-corrected chi connectivity index (χ0v) is 46.9. The van der Waals surface area contributed by atoms with Crippen LogP contribution in [0.1, 0.15) is 61.1 Å². The first-order chi connectivity index (χ1) is 38.4. The number of carboxylic acids is 4. The zero-order chi connectivity index (χ0) is 57.6. The van der Waals surface area contributed by atoms with E-state index in [0.29, 0.717) is 37.0 Å². The Labute approximate surface area is 469 Å². The van der Waals surface area contributed by atoms with Gasteiger partial charge in [0.2, 0.25) is 0 Å². The summed E-state index contributed by atoms with van der Waals surface area (Å²) >= 11 is 3.70. The molecule has 2 saturated heterocycles. The van der Waals surface area contributed by atoms with Crippen molar-refractivity contribution < 1.29 is 78.2 Å². The van der Waals surface area contributed by atoms with E-state index >= 15 is 0 Å². The summed E-state index contributed by atoms with van der Waals surface area (Å²) in [6, 6.07) is 29.4. The molecule has 4 aromatic heterocycles. The topological polar surface area (TPSA) is 283 Å². The van der Waals surface area contributed by atoms with Crippen LogP contribution < -0.4 is 28.4 Å². The molecule has 0 saturated carbocycles. The highest BCUT2D eigenvalue weighted by atomic mass is 32.1. The number of likely N-dealkylation sites (tertiary alicyclic amines) is 2. The number of β-amino-alcohol motifs (C(OH)–C–C–N with tert-alkyl or cyclic N) is 2. The lowest BCUT2D eigenvalue weighted by atomic mass is 9.90. The van der Waals surface area contributed by atoms with Gasteiger partial charge in [-0.2, -0.15) is 0 Å². The number of nitrogens with zero attached hydrogens (tertiary/aromatic N) is 2. The largest absolute Gasteiger partial charge is 0.493 e. The van der Waals surface area contributed by atoms with E-state index in [-0.39, 0.29) is 13.2 Å². The number of hydrogen-bond donors (Lipinski definition) is 8. The number of ether oxygens (including phenoxy) is 6. The summed E-state index contributed by atoms with van der Waals surface area (Å²) in [5, 5.41) is 55.3. The van der Waals surface area contributed by atoms with Crippen molar-refractivity contribution in [2.75, 3.05) is 67.8 Å². The molecule has 6 atom stereocenters. The van der Waals surface area contributed by atoms with Gasteiger partial charge >= 0.3 is 23.9 Å². The number of aromatic amines is 2. The van der Waals surface area contributed by atoms with Crippen LogP contribution in [0.5, 0.6) is 34.5 Å². The van der Waals surface area contributed by atoms with Crippen molar-refractivity contribution in [2.45, 2.75) is 75.7 Å². The number of thiophene rings is 2. The van der Waals surface area contributed by atoms with E-state index in [4.69, 9.17) is 68.0 Å². The van der Waals surface area contributed by atoms with Crippen molar-refractivity contribution in [1.82, 2.24) is 19.8 Å². The third kappa shape index (κ3) is 15.0. The molecule has 0 spiro atoms. The van der Waals surface area contributed by atoms with Crippen molar-refractivity contribution in [2.24, 2.45) is 0 Å². The number of H-pyrrole nitrogens is 2. The fraction of sp³-hybridized carbons (Fsp3) is 0.379. The molecule has 6 heterocycles. The SMILES string of the molecule is COc1ccc2sc([C@@H]3CCN(C[C@H](O)COc4cccc5[nH]ccc45)[C@H](C)C3)cc2c1OC.COc1ccc2sc([C@H]3CCN(C[C@H](O)COc4cccc5[nH]ccc45)[C@@H](C)C3)cc2c1OC.O=C(O)C(=O)O.O=C(O)C(=O)O. The highest BCUT2D eigenvalue weighted by Gasteiger charge is 2.31. The third-order valence-corrected chi connectivity index (χ3v) is 16.7. The van der Waals surface area contributed by atoms with Crippen LogP contribution in [0.15, 0.2) is 97.3 Å². The van der Waals surface area contributed by atoms with Crippen molar-refractivity contribution in [1.29, 1.82) is 0 Å². The third-order valence-electron chi connectivity index (χ3n) is 14.2. The summed E-state index contributed by atoms with van der Waals surface area (Å²) in [6.45, 7) is 8.26. The van der Waals surface area contributed by atoms with Crippen molar-refractivity contribution in [3.63, 3.8) is 0 Å². The number of aliphatic hydroxyl groups excluding tert-OH is 2. The standard InChI is InChI=1S/2C27H32N2O4S.2C2H2O4/c2*1-17-13-18(26-14-21-25(34-26)8-7-24(31-2)27(21)32-3)10-12-29(17)15-19(30)16-33-23-6-4-5-22-20(23)9-11-28-22;2*3-1(4)2(5)6/h2*4-9,11,14,17-19,28,30H,10,12-13,15-16H2,1-3H3;2*(H,3,4)(H,5,6)/t17-,18-,19+;17-,18-,19-;;/m10../s1. The minimum atomic E-state index is -1.82. The fourth-order valence-corrected chi connectivity index (χ4v) is 12.6. The Hall–Kier alpha value is -7.60. The number of aliphatic hydroxyl groups is 2. The summed E-state index contributed by atoms with van der Waals surface area (Å²) in [5.74, 6) is -1.49. The second-order valence-corrected chi connectivity index (χ2v) is 21.6. The van der Waals surface area contributed by atoms with Gasteiger partial charge in [0.25, 0.3) is 0 Å². The lowest BCUT2D eigenvalue weighted by Crippen LogP contribution is -2.45. The molecule has 22 heteroatoms. The number of benzene rings is 4. The number of aromatic nitrogens is 2. The second kappa shape index (κ2) is 28.0. The number of fused-ring (bicyclic) bond motifs is 4. The van der Waals surface area contributed by atoms with Gasteiger partial charge in [-0.05, 0) is 137 Å². The number of hydrogen-bond acceptors (Lipinski definition) is 16. The molecule has 0 amide bonds. The highest BCUT2D eigenvalue weighted by molar-refractivity contribution is 7.19. The zero-order valence-electron chi connectivity index (χ0n) is 45.2. The molecule has 8 N–H and O–H groups in total. The van der Waals surface area contributed by atoms with Crippen LogP contribution in [-0.4, -0.2) is 166 Å². The second-order valence-electron chi connectivity index (χ2n) is 19.4. The van der Waals surface area contributed by atoms with Crippen LogP contribution in [0.3, 0.4) is 0 Å².